The third-order valence-electron chi connectivity index (χ3n) is 1.84. The average Bonchev–Trinajstić information content (AvgIpc) is 2.13. The van der Waals surface area contributed by atoms with Gasteiger partial charge in [-0.25, -0.2) is 0 Å². The lowest BCUT2D eigenvalue weighted by molar-refractivity contribution is -0.121. The third kappa shape index (κ3) is 6.26. The molecule has 1 atom stereocenters. The minimum absolute atomic E-state index is 0.0731. The van der Waals surface area contributed by atoms with E-state index < -0.39 is 22.9 Å². The van der Waals surface area contributed by atoms with Gasteiger partial charge in [-0.1, -0.05) is 6.92 Å². The molecule has 0 spiro atoms. The Balaban J connectivity index is 4.33. The molecule has 0 fully saturated rings. The molecular formula is C7H16F3N3O2S. The van der Waals surface area contributed by atoms with Crippen molar-refractivity contribution in [3.8, 4) is 0 Å². The van der Waals surface area contributed by atoms with Gasteiger partial charge < -0.3 is 5.73 Å². The first-order valence-corrected chi connectivity index (χ1v) is 6.00. The van der Waals surface area contributed by atoms with E-state index in [0.29, 0.717) is 0 Å². The van der Waals surface area contributed by atoms with Crippen LogP contribution in [-0.2, 0) is 10.2 Å². The normalized spacial score (nSPS) is 15.4. The molecular weight excluding hydrogens is 247 g/mol. The maximum absolute atomic E-state index is 11.8. The zero-order valence-corrected chi connectivity index (χ0v) is 9.90. The molecule has 0 aromatic rings. The second-order valence-electron chi connectivity index (χ2n) is 3.56. The predicted molar refractivity (Wildman–Crippen MR) is 53.8 cm³/mol. The van der Waals surface area contributed by atoms with Gasteiger partial charge >= 0.3 is 6.18 Å². The van der Waals surface area contributed by atoms with Crippen molar-refractivity contribution in [3.63, 3.8) is 0 Å². The quantitative estimate of drug-likeness (QED) is 0.703. The number of nitrogens with one attached hydrogen (secondary N) is 1. The van der Waals surface area contributed by atoms with Crippen molar-refractivity contribution in [1.29, 1.82) is 0 Å². The van der Waals surface area contributed by atoms with Gasteiger partial charge in [0.25, 0.3) is 10.2 Å². The molecule has 0 aliphatic rings. The van der Waals surface area contributed by atoms with Gasteiger partial charge in [-0.15, -0.1) is 0 Å². The molecule has 0 rings (SSSR count). The number of rotatable bonds is 6. The van der Waals surface area contributed by atoms with Crippen molar-refractivity contribution in [2.24, 2.45) is 11.7 Å². The van der Waals surface area contributed by atoms with Crippen LogP contribution in [0.3, 0.4) is 0 Å². The van der Waals surface area contributed by atoms with Crippen LogP contribution >= 0.6 is 0 Å². The van der Waals surface area contributed by atoms with E-state index in [1.165, 1.54) is 11.8 Å². The lowest BCUT2D eigenvalue weighted by atomic mass is 10.2. The Labute approximate surface area is 93.0 Å². The average molecular weight is 263 g/mol. The first-order valence-electron chi connectivity index (χ1n) is 4.56. The Hall–Kier alpha value is -0.380. The van der Waals surface area contributed by atoms with Crippen LogP contribution in [0, 0.1) is 5.92 Å². The number of halogens is 3. The molecule has 0 bridgehead atoms. The summed E-state index contributed by atoms with van der Waals surface area (Å²) < 4.78 is 60.3. The predicted octanol–water partition coefficient (Wildman–Crippen LogP) is -0.0903. The van der Waals surface area contributed by atoms with Crippen molar-refractivity contribution in [2.75, 3.05) is 26.7 Å². The zero-order chi connectivity index (χ0) is 13.0. The summed E-state index contributed by atoms with van der Waals surface area (Å²) in [6, 6.07) is 0. The first-order chi connectivity index (χ1) is 7.08. The number of nitrogens with zero attached hydrogens (tertiary/aromatic N) is 1. The molecule has 0 aromatic carbocycles. The highest BCUT2D eigenvalue weighted by Crippen LogP contribution is 2.13. The minimum atomic E-state index is -4.56. The molecule has 9 heteroatoms. The van der Waals surface area contributed by atoms with Crippen LogP contribution in [0.25, 0.3) is 0 Å². The van der Waals surface area contributed by atoms with Crippen LogP contribution in [0.5, 0.6) is 0 Å². The lowest BCUT2D eigenvalue weighted by Crippen LogP contribution is -2.44. The lowest BCUT2D eigenvalue weighted by Gasteiger charge is -2.21. The molecule has 0 aromatic heterocycles. The second kappa shape index (κ2) is 5.80. The van der Waals surface area contributed by atoms with Gasteiger partial charge in [0.15, 0.2) is 0 Å². The van der Waals surface area contributed by atoms with Gasteiger partial charge in [0, 0.05) is 13.6 Å². The molecule has 0 heterocycles. The molecule has 0 amide bonds. The van der Waals surface area contributed by atoms with E-state index >= 15 is 0 Å². The number of hydrogen-bond acceptors (Lipinski definition) is 3. The van der Waals surface area contributed by atoms with Crippen molar-refractivity contribution in [2.45, 2.75) is 13.1 Å². The highest BCUT2D eigenvalue weighted by Gasteiger charge is 2.31. The maximum atomic E-state index is 11.8. The van der Waals surface area contributed by atoms with E-state index in [1.807, 2.05) is 0 Å². The Morgan fingerprint density at radius 3 is 2.31 bits per heavy atom. The molecule has 0 saturated carbocycles. The van der Waals surface area contributed by atoms with Crippen molar-refractivity contribution in [3.05, 3.63) is 0 Å². The van der Waals surface area contributed by atoms with Gasteiger partial charge in [0.1, 0.15) is 6.54 Å². The Morgan fingerprint density at radius 1 is 1.44 bits per heavy atom. The first kappa shape index (κ1) is 15.6. The molecule has 0 aliphatic heterocycles. The maximum Gasteiger partial charge on any atom is 0.402 e. The summed E-state index contributed by atoms with van der Waals surface area (Å²) in [5.74, 6) is -0.118. The van der Waals surface area contributed by atoms with Crippen molar-refractivity contribution < 1.29 is 21.6 Å². The molecule has 0 radical (unpaired) electrons. The summed E-state index contributed by atoms with van der Waals surface area (Å²) in [6.07, 6.45) is -4.56. The van der Waals surface area contributed by atoms with Gasteiger partial charge in [-0.05, 0) is 12.5 Å². The standard InChI is InChI=1S/C7H16F3N3O2S/c1-6(3-11)4-13(2)16(14,15)12-5-7(8,9)10/h6,12H,3-5,11H2,1-2H3. The summed E-state index contributed by atoms with van der Waals surface area (Å²) in [5.41, 5.74) is 5.28. The van der Waals surface area contributed by atoms with Crippen LogP contribution in [0.15, 0.2) is 0 Å². The summed E-state index contributed by atoms with van der Waals surface area (Å²) in [6.45, 7) is 0.468. The molecule has 5 nitrogen and oxygen atoms in total. The molecule has 0 aliphatic carbocycles. The fourth-order valence-electron chi connectivity index (χ4n) is 0.895. The largest absolute Gasteiger partial charge is 0.402 e. The fourth-order valence-corrected chi connectivity index (χ4v) is 1.91. The van der Waals surface area contributed by atoms with Gasteiger partial charge in [-0.3, -0.25) is 0 Å². The van der Waals surface area contributed by atoms with E-state index in [-0.39, 0.29) is 19.0 Å². The Morgan fingerprint density at radius 2 is 1.94 bits per heavy atom. The van der Waals surface area contributed by atoms with Crippen molar-refractivity contribution >= 4 is 10.2 Å². The highest BCUT2D eigenvalue weighted by molar-refractivity contribution is 7.87. The Bertz CT molecular complexity index is 304. The smallest absolute Gasteiger partial charge is 0.330 e. The summed E-state index contributed by atoms with van der Waals surface area (Å²) in [4.78, 5) is 0. The van der Waals surface area contributed by atoms with Gasteiger partial charge in [0.05, 0.1) is 0 Å². The molecule has 98 valence electrons. The van der Waals surface area contributed by atoms with Crippen LogP contribution in [-0.4, -0.2) is 45.6 Å². The number of alkyl halides is 3. The van der Waals surface area contributed by atoms with Crippen LogP contribution < -0.4 is 10.5 Å². The monoisotopic (exact) mass is 263 g/mol. The van der Waals surface area contributed by atoms with Crippen LogP contribution in [0.2, 0.25) is 0 Å². The molecule has 16 heavy (non-hydrogen) atoms. The van der Waals surface area contributed by atoms with Crippen LogP contribution in [0.4, 0.5) is 13.2 Å². The summed E-state index contributed by atoms with van der Waals surface area (Å²) in [7, 11) is -2.89. The van der Waals surface area contributed by atoms with Gasteiger partial charge in [-0.2, -0.15) is 30.6 Å². The SMILES string of the molecule is CC(CN)CN(C)S(=O)(=O)NCC(F)(F)F. The van der Waals surface area contributed by atoms with E-state index in [1.54, 1.807) is 6.92 Å². The number of hydrogen-bond donors (Lipinski definition) is 2. The molecule has 3 N–H and O–H groups in total. The van der Waals surface area contributed by atoms with Crippen molar-refractivity contribution in [1.82, 2.24) is 9.03 Å². The Kier molecular flexibility index (Phi) is 5.66. The zero-order valence-electron chi connectivity index (χ0n) is 9.08. The summed E-state index contributed by atoms with van der Waals surface area (Å²) >= 11 is 0. The second-order valence-corrected chi connectivity index (χ2v) is 5.42. The topological polar surface area (TPSA) is 75.4 Å². The third-order valence-corrected chi connectivity index (χ3v) is 3.32. The highest BCUT2D eigenvalue weighted by atomic mass is 32.2. The fraction of sp³-hybridized carbons (Fsp3) is 1.00. The molecule has 1 unspecified atom stereocenters. The molecule has 0 saturated heterocycles. The van der Waals surface area contributed by atoms with Gasteiger partial charge in [0.2, 0.25) is 0 Å². The minimum Gasteiger partial charge on any atom is -0.330 e. The van der Waals surface area contributed by atoms with E-state index in [2.05, 4.69) is 0 Å². The van der Waals surface area contributed by atoms with E-state index in [0.717, 1.165) is 4.31 Å². The van der Waals surface area contributed by atoms with E-state index in [9.17, 15) is 21.6 Å². The van der Waals surface area contributed by atoms with E-state index in [4.69, 9.17) is 5.73 Å². The van der Waals surface area contributed by atoms with Crippen LogP contribution in [0.1, 0.15) is 6.92 Å². The number of nitrogens with two attached hydrogens (primary N) is 1. The summed E-state index contributed by atoms with van der Waals surface area (Å²) in [5, 5.41) is 0.